The van der Waals surface area contributed by atoms with E-state index < -0.39 is 11.6 Å². The Morgan fingerprint density at radius 2 is 1.92 bits per heavy atom. The van der Waals surface area contributed by atoms with Gasteiger partial charge in [0, 0.05) is 53.3 Å². The van der Waals surface area contributed by atoms with Crippen LogP contribution in [0.3, 0.4) is 0 Å². The molecule has 2 aromatic carbocycles. The summed E-state index contributed by atoms with van der Waals surface area (Å²) in [5.41, 5.74) is -0.163. The normalized spacial score (nSPS) is 19.4. The van der Waals surface area contributed by atoms with Crippen LogP contribution in [0.5, 0.6) is 5.88 Å². The second-order valence-electron chi connectivity index (χ2n) is 10.5. The summed E-state index contributed by atoms with van der Waals surface area (Å²) >= 11 is 0. The van der Waals surface area contributed by atoms with E-state index in [0.717, 1.165) is 16.4 Å². The van der Waals surface area contributed by atoms with Gasteiger partial charge >= 0.3 is 12.1 Å². The number of pyridine rings is 1. The fourth-order valence-electron chi connectivity index (χ4n) is 5.16. The van der Waals surface area contributed by atoms with Crippen molar-refractivity contribution in [3.8, 4) is 5.88 Å². The van der Waals surface area contributed by atoms with Crippen molar-refractivity contribution in [3.63, 3.8) is 0 Å². The number of nitrogens with one attached hydrogen (secondary N) is 1. The molecule has 1 amide bonds. The SMILES string of the molecule is CC(C)(C)OC(=O)N1CCC2N=c3ccc4c(O)n(CCCC(=O)O)c(=O)c5ccc(c3c45)NC2C1. The lowest BCUT2D eigenvalue weighted by Gasteiger charge is -2.37. The first-order chi connectivity index (χ1) is 17.0. The van der Waals surface area contributed by atoms with Crippen LogP contribution in [0.2, 0.25) is 0 Å². The Bertz CT molecular complexity index is 1490. The number of aliphatic carboxylic acids is 1. The summed E-state index contributed by atoms with van der Waals surface area (Å²) in [6.07, 6.45) is 0.446. The van der Waals surface area contributed by atoms with Crippen LogP contribution in [0.4, 0.5) is 10.5 Å². The summed E-state index contributed by atoms with van der Waals surface area (Å²) in [5, 5.41) is 26.5. The molecule has 2 aliphatic rings. The minimum Gasteiger partial charge on any atom is -0.494 e. The molecule has 0 aliphatic carbocycles. The van der Waals surface area contributed by atoms with Crippen LogP contribution in [0.15, 0.2) is 34.1 Å². The van der Waals surface area contributed by atoms with Crippen molar-refractivity contribution in [2.24, 2.45) is 4.99 Å². The van der Waals surface area contributed by atoms with Crippen molar-refractivity contribution in [2.75, 3.05) is 18.4 Å². The van der Waals surface area contributed by atoms with E-state index in [4.69, 9.17) is 14.8 Å². The number of carboxylic acids is 1. The number of carbonyl (C=O) groups excluding carboxylic acids is 1. The molecule has 36 heavy (non-hydrogen) atoms. The molecule has 0 bridgehead atoms. The Balaban J connectivity index is 1.55. The van der Waals surface area contributed by atoms with Crippen molar-refractivity contribution in [3.05, 3.63) is 40.0 Å². The number of aromatic hydroxyl groups is 1. The molecule has 3 heterocycles. The Kier molecular flexibility index (Phi) is 5.77. The number of fused-ring (bicyclic) bond motifs is 1. The zero-order valence-electron chi connectivity index (χ0n) is 20.6. The maximum Gasteiger partial charge on any atom is 0.410 e. The maximum atomic E-state index is 13.3. The van der Waals surface area contributed by atoms with Gasteiger partial charge in [-0.2, -0.15) is 0 Å². The molecule has 2 aliphatic heterocycles. The van der Waals surface area contributed by atoms with Gasteiger partial charge in [-0.1, -0.05) is 0 Å². The van der Waals surface area contributed by atoms with E-state index in [9.17, 15) is 19.5 Å². The minimum absolute atomic E-state index is 0.0719. The molecule has 10 heteroatoms. The average Bonchev–Trinajstić information content (AvgIpc) is 2.96. The molecule has 3 aromatic rings. The number of ether oxygens (including phenoxy) is 1. The van der Waals surface area contributed by atoms with Gasteiger partial charge in [-0.05, 0) is 57.9 Å². The van der Waals surface area contributed by atoms with E-state index >= 15 is 0 Å². The first-order valence-electron chi connectivity index (χ1n) is 12.2. The molecule has 0 saturated carbocycles. The summed E-state index contributed by atoms with van der Waals surface area (Å²) < 4.78 is 6.80. The number of hydrogen-bond acceptors (Lipinski definition) is 7. The van der Waals surface area contributed by atoms with Gasteiger partial charge in [-0.25, -0.2) is 4.79 Å². The van der Waals surface area contributed by atoms with Crippen molar-refractivity contribution in [1.29, 1.82) is 0 Å². The van der Waals surface area contributed by atoms with E-state index in [2.05, 4.69) is 5.32 Å². The molecule has 3 N–H and O–H groups in total. The van der Waals surface area contributed by atoms with Gasteiger partial charge < -0.3 is 25.2 Å². The third-order valence-corrected chi connectivity index (χ3v) is 6.76. The Labute approximate surface area is 207 Å². The molecule has 5 rings (SSSR count). The molecule has 0 spiro atoms. The fraction of sp³-hybridized carbons (Fsp3) is 0.462. The quantitative estimate of drug-likeness (QED) is 0.508. The molecule has 2 atom stereocenters. The number of likely N-dealkylation sites (tertiary alicyclic amines) is 1. The van der Waals surface area contributed by atoms with E-state index in [1.807, 2.05) is 32.9 Å². The predicted molar refractivity (Wildman–Crippen MR) is 135 cm³/mol. The van der Waals surface area contributed by atoms with Gasteiger partial charge in [-0.3, -0.25) is 19.1 Å². The van der Waals surface area contributed by atoms with Crippen molar-refractivity contribution in [2.45, 2.75) is 64.3 Å². The molecule has 1 saturated heterocycles. The van der Waals surface area contributed by atoms with E-state index in [-0.39, 0.29) is 49.0 Å². The van der Waals surface area contributed by atoms with Gasteiger partial charge in [0.25, 0.3) is 5.56 Å². The lowest BCUT2D eigenvalue weighted by Crippen LogP contribution is -2.52. The van der Waals surface area contributed by atoms with Gasteiger partial charge in [-0.15, -0.1) is 0 Å². The molecule has 10 nitrogen and oxygen atoms in total. The lowest BCUT2D eigenvalue weighted by atomic mass is 9.99. The summed E-state index contributed by atoms with van der Waals surface area (Å²) in [7, 11) is 0. The number of aromatic nitrogens is 1. The van der Waals surface area contributed by atoms with Gasteiger partial charge in [0.1, 0.15) is 5.60 Å². The number of amides is 1. The zero-order chi connectivity index (χ0) is 25.8. The summed E-state index contributed by atoms with van der Waals surface area (Å²) in [6.45, 7) is 6.59. The molecular weight excluding hydrogens is 464 g/mol. The van der Waals surface area contributed by atoms with Crippen molar-refractivity contribution >= 4 is 39.3 Å². The number of nitrogens with zero attached hydrogens (tertiary/aromatic N) is 3. The minimum atomic E-state index is -0.950. The number of piperidine rings is 1. The van der Waals surface area contributed by atoms with E-state index in [1.54, 1.807) is 17.0 Å². The highest BCUT2D eigenvalue weighted by molar-refractivity contribution is 6.15. The van der Waals surface area contributed by atoms with Gasteiger partial charge in [0.2, 0.25) is 5.88 Å². The fourth-order valence-corrected chi connectivity index (χ4v) is 5.16. The number of rotatable bonds is 4. The molecule has 1 fully saturated rings. The van der Waals surface area contributed by atoms with Crippen LogP contribution >= 0.6 is 0 Å². The molecule has 190 valence electrons. The number of hydrogen-bond donors (Lipinski definition) is 3. The third-order valence-electron chi connectivity index (χ3n) is 6.76. The topological polar surface area (TPSA) is 133 Å². The first-order valence-corrected chi connectivity index (χ1v) is 12.2. The second kappa shape index (κ2) is 8.69. The summed E-state index contributed by atoms with van der Waals surface area (Å²) in [5.74, 6) is -1.13. The number of carbonyl (C=O) groups is 2. The van der Waals surface area contributed by atoms with Crippen molar-refractivity contribution in [1.82, 2.24) is 9.47 Å². The number of benzene rings is 2. The maximum absolute atomic E-state index is 13.3. The summed E-state index contributed by atoms with van der Waals surface area (Å²) in [6, 6.07) is 6.96. The number of anilines is 1. The van der Waals surface area contributed by atoms with E-state index in [0.29, 0.717) is 35.7 Å². The molecule has 0 radical (unpaired) electrons. The predicted octanol–water partition coefficient (Wildman–Crippen LogP) is 2.87. The zero-order valence-corrected chi connectivity index (χ0v) is 20.6. The van der Waals surface area contributed by atoms with E-state index in [1.165, 1.54) is 4.57 Å². The Morgan fingerprint density at radius 1 is 1.17 bits per heavy atom. The second-order valence-corrected chi connectivity index (χ2v) is 10.5. The van der Waals surface area contributed by atoms with Crippen LogP contribution in [0.1, 0.15) is 40.0 Å². The molecular formula is C26H30N4O6. The molecule has 1 aromatic heterocycles. The smallest absolute Gasteiger partial charge is 0.410 e. The molecule has 2 unspecified atom stereocenters. The van der Waals surface area contributed by atoms with Gasteiger partial charge in [0.05, 0.1) is 17.4 Å². The Hall–Kier alpha value is -3.82. The standard InChI is InChI=1S/C26H30N4O6/c1-26(2,3)36-25(35)29-12-10-16-19(13-29)28-18-9-7-15-21-14(6-8-17(27-16)22(18)21)23(33)30(24(15)34)11-4-5-20(31)32/h6-9,16,19,28,33H,4-5,10-13H2,1-3H3,(H,31,32). The van der Waals surface area contributed by atoms with Crippen LogP contribution in [0, 0.1) is 0 Å². The lowest BCUT2D eigenvalue weighted by molar-refractivity contribution is -0.137. The monoisotopic (exact) mass is 494 g/mol. The van der Waals surface area contributed by atoms with Crippen LogP contribution in [0.25, 0.3) is 21.5 Å². The van der Waals surface area contributed by atoms with Crippen LogP contribution in [-0.4, -0.2) is 62.5 Å². The largest absolute Gasteiger partial charge is 0.494 e. The average molecular weight is 495 g/mol. The highest BCUT2D eigenvalue weighted by Gasteiger charge is 2.35. The highest BCUT2D eigenvalue weighted by atomic mass is 16.6. The van der Waals surface area contributed by atoms with Crippen LogP contribution in [-0.2, 0) is 16.1 Å². The number of carboxylic acid groups (broad SMARTS) is 1. The van der Waals surface area contributed by atoms with Gasteiger partial charge in [0.15, 0.2) is 0 Å². The van der Waals surface area contributed by atoms with Crippen LogP contribution < -0.4 is 16.2 Å². The Morgan fingerprint density at radius 3 is 2.64 bits per heavy atom. The third kappa shape index (κ3) is 4.20. The first kappa shape index (κ1) is 23.9. The summed E-state index contributed by atoms with van der Waals surface area (Å²) in [4.78, 5) is 43.6. The van der Waals surface area contributed by atoms with Crippen molar-refractivity contribution < 1.29 is 24.5 Å². The highest BCUT2D eigenvalue weighted by Crippen LogP contribution is 2.35.